The van der Waals surface area contributed by atoms with Crippen LogP contribution in [0.5, 0.6) is 5.75 Å². The van der Waals surface area contributed by atoms with Gasteiger partial charge in [0.1, 0.15) is 17.4 Å². The number of ether oxygens (including phenoxy) is 3. The highest BCUT2D eigenvalue weighted by atomic mass is 16.7. The second-order valence-electron chi connectivity index (χ2n) is 4.64. The molecular formula is C16H21N3O4. The number of anilines is 1. The van der Waals surface area contributed by atoms with Crippen LogP contribution in [0.3, 0.4) is 0 Å². The third-order valence-electron chi connectivity index (χ3n) is 3.02. The van der Waals surface area contributed by atoms with Gasteiger partial charge in [-0.25, -0.2) is 0 Å². The highest BCUT2D eigenvalue weighted by Crippen LogP contribution is 2.25. The summed E-state index contributed by atoms with van der Waals surface area (Å²) in [6.45, 7) is 2.20. The lowest BCUT2D eigenvalue weighted by Gasteiger charge is -2.13. The number of nitriles is 1. The first kappa shape index (κ1) is 18.5. The first-order valence-corrected chi connectivity index (χ1v) is 6.91. The lowest BCUT2D eigenvalue weighted by Crippen LogP contribution is -2.27. The van der Waals surface area contributed by atoms with Crippen molar-refractivity contribution in [2.45, 2.75) is 13.2 Å². The Morgan fingerprint density at radius 1 is 1.35 bits per heavy atom. The second-order valence-corrected chi connectivity index (χ2v) is 4.64. The van der Waals surface area contributed by atoms with E-state index in [-0.39, 0.29) is 5.57 Å². The number of aryl methyl sites for hydroxylation is 1. The van der Waals surface area contributed by atoms with E-state index in [1.807, 2.05) is 19.1 Å². The summed E-state index contributed by atoms with van der Waals surface area (Å²) in [5, 5.41) is 14.6. The minimum absolute atomic E-state index is 0.0699. The Balaban J connectivity index is 2.78. The number of amides is 1. The number of benzene rings is 1. The molecule has 124 valence electrons. The molecule has 23 heavy (non-hydrogen) atoms. The average molecular weight is 319 g/mol. The fourth-order valence-corrected chi connectivity index (χ4v) is 1.78. The smallest absolute Gasteiger partial charge is 0.267 e. The average Bonchev–Trinajstić information content (AvgIpc) is 2.55. The van der Waals surface area contributed by atoms with Gasteiger partial charge in [0.15, 0.2) is 6.29 Å². The van der Waals surface area contributed by atoms with E-state index < -0.39 is 12.2 Å². The third-order valence-corrected chi connectivity index (χ3v) is 3.02. The molecule has 0 aliphatic carbocycles. The summed E-state index contributed by atoms with van der Waals surface area (Å²) in [6, 6.07) is 7.24. The van der Waals surface area contributed by atoms with Crippen molar-refractivity contribution in [1.82, 2.24) is 5.32 Å². The predicted molar refractivity (Wildman–Crippen MR) is 85.9 cm³/mol. The van der Waals surface area contributed by atoms with Gasteiger partial charge in [-0.3, -0.25) is 4.79 Å². The largest absolute Gasteiger partial charge is 0.495 e. The van der Waals surface area contributed by atoms with Gasteiger partial charge < -0.3 is 24.8 Å². The third kappa shape index (κ3) is 5.62. The van der Waals surface area contributed by atoms with Gasteiger partial charge >= 0.3 is 0 Å². The Bertz CT molecular complexity index is 604. The van der Waals surface area contributed by atoms with Gasteiger partial charge in [-0.2, -0.15) is 5.26 Å². The van der Waals surface area contributed by atoms with Crippen molar-refractivity contribution in [1.29, 1.82) is 5.26 Å². The van der Waals surface area contributed by atoms with Crippen molar-refractivity contribution in [2.75, 3.05) is 33.2 Å². The molecule has 0 atom stereocenters. The summed E-state index contributed by atoms with van der Waals surface area (Å²) >= 11 is 0. The van der Waals surface area contributed by atoms with Gasteiger partial charge in [0.25, 0.3) is 5.91 Å². The molecule has 0 radical (unpaired) electrons. The van der Waals surface area contributed by atoms with Crippen LogP contribution in [0.15, 0.2) is 30.0 Å². The quantitative estimate of drug-likeness (QED) is 0.429. The molecular weight excluding hydrogens is 298 g/mol. The van der Waals surface area contributed by atoms with E-state index in [1.165, 1.54) is 27.5 Å². The van der Waals surface area contributed by atoms with Crippen molar-refractivity contribution < 1.29 is 19.0 Å². The van der Waals surface area contributed by atoms with E-state index in [9.17, 15) is 4.79 Å². The van der Waals surface area contributed by atoms with E-state index in [0.29, 0.717) is 18.0 Å². The topological polar surface area (TPSA) is 92.6 Å². The lowest BCUT2D eigenvalue weighted by molar-refractivity contribution is -0.112. The normalized spacial score (nSPS) is 11.0. The maximum Gasteiger partial charge on any atom is 0.267 e. The van der Waals surface area contributed by atoms with Crippen LogP contribution in [0.2, 0.25) is 0 Å². The van der Waals surface area contributed by atoms with Crippen molar-refractivity contribution in [3.63, 3.8) is 0 Å². The minimum atomic E-state index is -0.532. The zero-order valence-corrected chi connectivity index (χ0v) is 13.7. The Morgan fingerprint density at radius 3 is 2.61 bits per heavy atom. The van der Waals surface area contributed by atoms with Crippen LogP contribution in [0, 0.1) is 18.3 Å². The van der Waals surface area contributed by atoms with Crippen LogP contribution >= 0.6 is 0 Å². The van der Waals surface area contributed by atoms with E-state index >= 15 is 0 Å². The molecule has 7 heteroatoms. The summed E-state index contributed by atoms with van der Waals surface area (Å²) in [5.74, 6) is -0.0108. The number of nitrogens with one attached hydrogen (secondary N) is 2. The molecule has 0 fully saturated rings. The Labute approximate surface area is 135 Å². The summed E-state index contributed by atoms with van der Waals surface area (Å²) in [7, 11) is 4.52. The monoisotopic (exact) mass is 319 g/mol. The molecule has 0 aliphatic rings. The molecule has 1 aromatic carbocycles. The molecule has 0 aromatic heterocycles. The standard InChI is InChI=1S/C16H21N3O4/c1-11-5-6-14(21-2)13(7-11)19-16(20)12(8-17)9-18-10-15(22-3)23-4/h5-7,9,15,18H,10H2,1-4H3,(H,19,20)/b12-9-. The second kappa shape index (κ2) is 9.46. The molecule has 0 saturated heterocycles. The van der Waals surface area contributed by atoms with Gasteiger partial charge in [-0.15, -0.1) is 0 Å². The van der Waals surface area contributed by atoms with Crippen molar-refractivity contribution in [3.8, 4) is 11.8 Å². The molecule has 0 aliphatic heterocycles. The zero-order valence-electron chi connectivity index (χ0n) is 13.7. The van der Waals surface area contributed by atoms with Crippen LogP contribution in [-0.2, 0) is 14.3 Å². The van der Waals surface area contributed by atoms with Crippen LogP contribution in [0.1, 0.15) is 5.56 Å². The highest BCUT2D eigenvalue weighted by Gasteiger charge is 2.13. The molecule has 7 nitrogen and oxygen atoms in total. The fourth-order valence-electron chi connectivity index (χ4n) is 1.78. The fraction of sp³-hybridized carbons (Fsp3) is 0.375. The summed E-state index contributed by atoms with van der Waals surface area (Å²) in [6.07, 6.45) is 0.856. The number of rotatable bonds is 8. The van der Waals surface area contributed by atoms with Crippen LogP contribution in [0.25, 0.3) is 0 Å². The zero-order chi connectivity index (χ0) is 17.2. The number of methoxy groups -OCH3 is 3. The van der Waals surface area contributed by atoms with Gasteiger partial charge in [0.2, 0.25) is 0 Å². The van der Waals surface area contributed by atoms with Gasteiger partial charge in [-0.05, 0) is 24.6 Å². The van der Waals surface area contributed by atoms with E-state index in [2.05, 4.69) is 10.6 Å². The number of nitrogens with zero attached hydrogens (tertiary/aromatic N) is 1. The van der Waals surface area contributed by atoms with Crippen LogP contribution in [0.4, 0.5) is 5.69 Å². The number of hydrogen-bond donors (Lipinski definition) is 2. The first-order valence-electron chi connectivity index (χ1n) is 6.91. The number of hydrogen-bond acceptors (Lipinski definition) is 6. The Morgan fingerprint density at radius 2 is 2.04 bits per heavy atom. The van der Waals surface area contributed by atoms with Crippen molar-refractivity contribution in [2.24, 2.45) is 0 Å². The molecule has 0 bridgehead atoms. The molecule has 1 aromatic rings. The summed E-state index contributed by atoms with van der Waals surface area (Å²) in [4.78, 5) is 12.2. The van der Waals surface area contributed by atoms with Crippen LogP contribution in [-0.4, -0.2) is 40.1 Å². The SMILES string of the molecule is COc1ccc(C)cc1NC(=O)/C(C#N)=C\NCC(OC)OC. The maximum atomic E-state index is 12.2. The Hall–Kier alpha value is -2.56. The van der Waals surface area contributed by atoms with E-state index in [0.717, 1.165) is 5.56 Å². The Kier molecular flexibility index (Phi) is 7.60. The molecule has 1 rings (SSSR count). The molecule has 2 N–H and O–H groups in total. The molecule has 0 spiro atoms. The minimum Gasteiger partial charge on any atom is -0.495 e. The van der Waals surface area contributed by atoms with E-state index in [1.54, 1.807) is 12.1 Å². The van der Waals surface area contributed by atoms with Crippen molar-refractivity contribution >= 4 is 11.6 Å². The van der Waals surface area contributed by atoms with Crippen molar-refractivity contribution in [3.05, 3.63) is 35.5 Å². The molecule has 1 amide bonds. The number of carbonyl (C=O) groups is 1. The highest BCUT2D eigenvalue weighted by molar-refractivity contribution is 6.07. The van der Waals surface area contributed by atoms with Gasteiger partial charge in [0.05, 0.1) is 19.3 Å². The van der Waals surface area contributed by atoms with E-state index in [4.69, 9.17) is 19.5 Å². The molecule has 0 saturated carbocycles. The van der Waals surface area contributed by atoms with Crippen LogP contribution < -0.4 is 15.4 Å². The predicted octanol–water partition coefficient (Wildman–Crippen LogP) is 1.56. The maximum absolute atomic E-state index is 12.2. The summed E-state index contributed by atoms with van der Waals surface area (Å²) < 4.78 is 15.2. The lowest BCUT2D eigenvalue weighted by atomic mass is 10.2. The van der Waals surface area contributed by atoms with Gasteiger partial charge in [-0.1, -0.05) is 6.07 Å². The number of carbonyl (C=O) groups excluding carboxylic acids is 1. The first-order chi connectivity index (χ1) is 11.0. The summed E-state index contributed by atoms with van der Waals surface area (Å²) in [5.41, 5.74) is 1.40. The van der Waals surface area contributed by atoms with Gasteiger partial charge in [0, 0.05) is 20.4 Å². The molecule has 0 unspecified atom stereocenters. The molecule has 0 heterocycles.